The fraction of sp³-hybridized carbons (Fsp3) is 0.450. The smallest absolute Gasteiger partial charge is 0.201 e. The molecule has 8 rings (SSSR count). The Morgan fingerprint density at radius 3 is 2.63 bits per heavy atom. The van der Waals surface area contributed by atoms with Crippen molar-refractivity contribution in [3.63, 3.8) is 0 Å². The number of phenolic OH excluding ortho intramolecular Hbond substituents is 2. The molecule has 268 valence electrons. The van der Waals surface area contributed by atoms with Gasteiger partial charge in [0, 0.05) is 51.8 Å². The van der Waals surface area contributed by atoms with Crippen LogP contribution in [0, 0.1) is 17.8 Å². The predicted octanol–water partition coefficient (Wildman–Crippen LogP) is 6.34. The first-order valence-corrected chi connectivity index (χ1v) is 19.8. The minimum absolute atomic E-state index is 0.0362. The van der Waals surface area contributed by atoms with Crippen molar-refractivity contribution in [2.75, 3.05) is 34.0 Å². The number of methoxy groups -OCH3 is 2. The Morgan fingerprint density at radius 1 is 0.980 bits per heavy atom. The van der Waals surface area contributed by atoms with E-state index in [9.17, 15) is 25.5 Å². The van der Waals surface area contributed by atoms with Crippen LogP contribution in [0.3, 0.4) is 0 Å². The van der Waals surface area contributed by atoms with E-state index in [2.05, 4.69) is 24.0 Å². The maximum absolute atomic E-state index is 12.7. The number of aliphatic hydroxyl groups is 3. The highest BCUT2D eigenvalue weighted by Crippen LogP contribution is 2.62. The van der Waals surface area contributed by atoms with Crippen LogP contribution >= 0.6 is 21.6 Å². The van der Waals surface area contributed by atoms with Crippen molar-refractivity contribution in [3.8, 4) is 57.5 Å². The van der Waals surface area contributed by atoms with Gasteiger partial charge in [0.2, 0.25) is 5.75 Å². The third-order valence-electron chi connectivity index (χ3n) is 11.2. The van der Waals surface area contributed by atoms with Gasteiger partial charge in [-0.1, -0.05) is 51.6 Å². The first kappa shape index (κ1) is 34.4. The van der Waals surface area contributed by atoms with Gasteiger partial charge in [-0.15, -0.1) is 0 Å². The van der Waals surface area contributed by atoms with E-state index >= 15 is 0 Å². The lowest BCUT2D eigenvalue weighted by Crippen LogP contribution is -2.40. The molecule has 0 spiro atoms. The lowest BCUT2D eigenvalue weighted by atomic mass is 9.65. The molecule has 0 amide bonds. The van der Waals surface area contributed by atoms with Crippen LogP contribution in [-0.4, -0.2) is 76.2 Å². The summed E-state index contributed by atoms with van der Waals surface area (Å²) >= 11 is 0. The molecule has 5 N–H and O–H groups in total. The molecular formula is C40H42O9S2. The lowest BCUT2D eigenvalue weighted by molar-refractivity contribution is 0.000580. The number of aliphatic hydroxyl groups excluding tert-OH is 3. The molecule has 8 atom stereocenters. The molecule has 3 aromatic rings. The van der Waals surface area contributed by atoms with E-state index in [1.165, 1.54) is 14.2 Å². The highest BCUT2D eigenvalue weighted by atomic mass is 33.1. The second-order valence-corrected chi connectivity index (χ2v) is 16.5. The zero-order chi connectivity index (χ0) is 35.4. The Morgan fingerprint density at radius 2 is 1.84 bits per heavy atom. The van der Waals surface area contributed by atoms with Crippen LogP contribution in [0.4, 0.5) is 0 Å². The number of allylic oxidation sites excluding steroid dienone is 1. The Balaban J connectivity index is 1.44. The van der Waals surface area contributed by atoms with E-state index in [1.807, 2.05) is 18.2 Å². The first-order valence-electron chi connectivity index (χ1n) is 17.5. The van der Waals surface area contributed by atoms with Gasteiger partial charge in [-0.05, 0) is 72.4 Å². The second kappa shape index (κ2) is 14.1. The molecule has 0 radical (unpaired) electrons. The van der Waals surface area contributed by atoms with Crippen LogP contribution in [0.25, 0.3) is 11.1 Å². The molecule has 0 saturated carbocycles. The molecule has 2 aliphatic heterocycles. The summed E-state index contributed by atoms with van der Waals surface area (Å²) < 4.78 is 24.5. The molecule has 3 aromatic carbocycles. The zero-order valence-electron chi connectivity index (χ0n) is 28.5. The maximum atomic E-state index is 12.7. The van der Waals surface area contributed by atoms with Crippen molar-refractivity contribution < 1.29 is 44.5 Å². The molecule has 0 saturated heterocycles. The normalized spacial score (nSPS) is 28.4. The number of ether oxygens (including phenoxy) is 4. The molecule has 5 aliphatic rings. The summed E-state index contributed by atoms with van der Waals surface area (Å²) in [6.45, 7) is -0.338. The third-order valence-corrected chi connectivity index (χ3v) is 14.2. The van der Waals surface area contributed by atoms with Crippen molar-refractivity contribution in [3.05, 3.63) is 70.3 Å². The zero-order valence-corrected chi connectivity index (χ0v) is 30.1. The van der Waals surface area contributed by atoms with Gasteiger partial charge in [0.05, 0.1) is 32.7 Å². The van der Waals surface area contributed by atoms with Crippen LogP contribution in [0.1, 0.15) is 77.4 Å². The summed E-state index contributed by atoms with van der Waals surface area (Å²) in [6.07, 6.45) is 6.60. The molecule has 51 heavy (non-hydrogen) atoms. The van der Waals surface area contributed by atoms with E-state index < -0.39 is 24.0 Å². The van der Waals surface area contributed by atoms with Gasteiger partial charge in [-0.25, -0.2) is 0 Å². The minimum atomic E-state index is -1.09. The van der Waals surface area contributed by atoms with E-state index in [0.717, 1.165) is 53.5 Å². The van der Waals surface area contributed by atoms with Crippen LogP contribution in [0.5, 0.6) is 34.5 Å². The van der Waals surface area contributed by atoms with Crippen LogP contribution in [-0.2, 0) is 6.42 Å². The molecule has 0 aromatic heterocycles. The van der Waals surface area contributed by atoms with E-state index in [4.69, 9.17) is 18.9 Å². The SMILES string of the molecule is COc1cc2c(c(OC)c1O)CC#C[C@H]1SS[C@@H]3C=CC[C@H](CC[C@@H]4c5cc(O)ccc5-c5c(OCCO)cc6c(c5[C@H]4CO)[C@@H]1[C@@H](O)[C@H]2O6)C3. The summed E-state index contributed by atoms with van der Waals surface area (Å²) in [5.41, 5.74) is 5.47. The van der Waals surface area contributed by atoms with E-state index in [0.29, 0.717) is 28.5 Å². The molecule has 11 heteroatoms. The molecular weight excluding hydrogens is 689 g/mol. The Labute approximate surface area is 305 Å². The monoisotopic (exact) mass is 730 g/mol. The van der Waals surface area contributed by atoms with Crippen molar-refractivity contribution in [2.45, 2.75) is 72.6 Å². The highest BCUT2D eigenvalue weighted by Gasteiger charge is 2.49. The van der Waals surface area contributed by atoms with Crippen molar-refractivity contribution in [2.24, 2.45) is 5.92 Å². The van der Waals surface area contributed by atoms with E-state index in [-0.39, 0.29) is 65.7 Å². The van der Waals surface area contributed by atoms with Gasteiger partial charge in [0.25, 0.3) is 0 Å². The number of benzene rings is 3. The second-order valence-electron chi connectivity index (χ2n) is 13.9. The summed E-state index contributed by atoms with van der Waals surface area (Å²) in [4.78, 5) is 0. The number of fused-ring (bicyclic) bond motifs is 9. The number of hydrogen-bond acceptors (Lipinski definition) is 11. The Bertz CT molecular complexity index is 1930. The van der Waals surface area contributed by atoms with Crippen LogP contribution < -0.4 is 18.9 Å². The molecule has 9 nitrogen and oxygen atoms in total. The molecule has 6 bridgehead atoms. The maximum Gasteiger partial charge on any atom is 0.201 e. The molecule has 3 aliphatic carbocycles. The molecule has 0 unspecified atom stereocenters. The van der Waals surface area contributed by atoms with Gasteiger partial charge in [-0.2, -0.15) is 0 Å². The number of hydrogen-bond donors (Lipinski definition) is 5. The van der Waals surface area contributed by atoms with Crippen molar-refractivity contribution >= 4 is 21.6 Å². The topological polar surface area (TPSA) is 138 Å². The quantitative estimate of drug-likeness (QED) is 0.110. The third kappa shape index (κ3) is 5.80. The van der Waals surface area contributed by atoms with Gasteiger partial charge >= 0.3 is 0 Å². The van der Waals surface area contributed by atoms with Gasteiger partial charge in [-0.3, -0.25) is 0 Å². The first-order chi connectivity index (χ1) is 24.9. The summed E-state index contributed by atoms with van der Waals surface area (Å²) in [7, 11) is 6.41. The van der Waals surface area contributed by atoms with Crippen molar-refractivity contribution in [1.29, 1.82) is 0 Å². The molecule has 2 heterocycles. The fourth-order valence-electron chi connectivity index (χ4n) is 8.95. The highest BCUT2D eigenvalue weighted by molar-refractivity contribution is 8.77. The van der Waals surface area contributed by atoms with E-state index in [1.54, 1.807) is 33.7 Å². The van der Waals surface area contributed by atoms with Gasteiger partial charge in [0.1, 0.15) is 30.0 Å². The Hall–Kier alpha value is -3.66. The minimum Gasteiger partial charge on any atom is -0.508 e. The molecule has 0 fully saturated rings. The Kier molecular flexibility index (Phi) is 9.48. The standard InChI is InChI=1S/C40H42O9S2/c1-46-31-17-27-25(39(47-2)37(31)44)7-4-8-32-36-35-30(49-40(27)38(36)45)18-29(48-14-13-41)33-24-12-10-21(43)16-26(24)23(28(19-42)34(33)35)11-9-20-5-3-6-22(15-20)50-51-32/h3,6,10,12,16-18,20,22-23,28,32,36,38,40-45H,5,7,9,11,13-15,19H2,1-2H3/t20-,22-,23-,28+,32-,36-,38-,40+/m1/s1. The number of rotatable bonds is 6. The van der Waals surface area contributed by atoms with Gasteiger partial charge in [0.15, 0.2) is 17.6 Å². The van der Waals surface area contributed by atoms with Crippen LogP contribution in [0.15, 0.2) is 42.5 Å². The number of aromatic hydroxyl groups is 2. The summed E-state index contributed by atoms with van der Waals surface area (Å²) in [5, 5.41) is 55.7. The number of phenols is 2. The lowest BCUT2D eigenvalue weighted by Gasteiger charge is -2.44. The van der Waals surface area contributed by atoms with Crippen molar-refractivity contribution in [1.82, 2.24) is 0 Å². The van der Waals surface area contributed by atoms with Crippen LogP contribution in [0.2, 0.25) is 0 Å². The summed E-state index contributed by atoms with van der Waals surface area (Å²) in [5.74, 6) is 7.74. The average molecular weight is 731 g/mol. The summed E-state index contributed by atoms with van der Waals surface area (Å²) in [6, 6.07) is 8.93. The predicted molar refractivity (Wildman–Crippen MR) is 197 cm³/mol. The fourth-order valence-corrected chi connectivity index (χ4v) is 12.0. The largest absolute Gasteiger partial charge is 0.508 e. The average Bonchev–Trinajstić information content (AvgIpc) is 3.16. The van der Waals surface area contributed by atoms with Gasteiger partial charge < -0.3 is 44.5 Å².